The first-order valence-electron chi connectivity index (χ1n) is 14.6. The number of piperidine rings is 3. The third-order valence-corrected chi connectivity index (χ3v) is 9.58. The molecule has 7 rings (SSSR count). The summed E-state index contributed by atoms with van der Waals surface area (Å²) in [5, 5.41) is 1.10. The maximum absolute atomic E-state index is 14.3. The summed E-state index contributed by atoms with van der Waals surface area (Å²) in [5.41, 5.74) is 3.18. The molecule has 4 aliphatic rings. The van der Waals surface area contributed by atoms with E-state index in [0.717, 1.165) is 66.2 Å². The lowest BCUT2D eigenvalue weighted by molar-refractivity contribution is -0.161. The molecule has 0 radical (unpaired) electrons. The van der Waals surface area contributed by atoms with Crippen LogP contribution in [0.3, 0.4) is 0 Å². The molecule has 4 nitrogen and oxygen atoms in total. The number of fused-ring (bicyclic) bond motifs is 4. The molecule has 3 aliphatic heterocycles. The van der Waals surface area contributed by atoms with E-state index in [1.54, 1.807) is 0 Å². The van der Waals surface area contributed by atoms with Gasteiger partial charge in [-0.3, -0.25) is 14.7 Å². The van der Waals surface area contributed by atoms with E-state index < -0.39 is 0 Å². The van der Waals surface area contributed by atoms with E-state index in [1.165, 1.54) is 32.1 Å². The number of hydrogen-bond donors (Lipinski definition) is 0. The predicted molar refractivity (Wildman–Crippen MR) is 148 cm³/mol. The first kappa shape index (κ1) is 24.6. The summed E-state index contributed by atoms with van der Waals surface area (Å²) in [7, 11) is 0. The Labute approximate surface area is 221 Å². The Kier molecular flexibility index (Phi) is 7.28. The fourth-order valence-corrected chi connectivity index (χ4v) is 7.60. The van der Waals surface area contributed by atoms with Gasteiger partial charge in [0.1, 0.15) is 6.10 Å². The van der Waals surface area contributed by atoms with Crippen molar-refractivity contribution in [2.24, 2.45) is 17.8 Å². The quantitative estimate of drug-likeness (QED) is 0.322. The highest BCUT2D eigenvalue weighted by molar-refractivity contribution is 5.83. The van der Waals surface area contributed by atoms with Crippen LogP contribution in [0.2, 0.25) is 0 Å². The Morgan fingerprint density at radius 2 is 1.78 bits per heavy atom. The number of ether oxygens (including phenoxy) is 1. The van der Waals surface area contributed by atoms with Crippen molar-refractivity contribution < 1.29 is 9.53 Å². The summed E-state index contributed by atoms with van der Waals surface area (Å²) in [6.45, 7) is 4.55. The molecule has 1 aromatic heterocycles. The molecule has 2 unspecified atom stereocenters. The minimum atomic E-state index is -0.282. The highest BCUT2D eigenvalue weighted by atomic mass is 16.5. The summed E-state index contributed by atoms with van der Waals surface area (Å²) >= 11 is 0. The van der Waals surface area contributed by atoms with Gasteiger partial charge in [-0.25, -0.2) is 0 Å². The van der Waals surface area contributed by atoms with Crippen molar-refractivity contribution in [2.45, 2.75) is 76.4 Å². The zero-order valence-corrected chi connectivity index (χ0v) is 22.1. The van der Waals surface area contributed by atoms with Gasteiger partial charge in [-0.15, -0.1) is 0 Å². The molecule has 4 heterocycles. The van der Waals surface area contributed by atoms with Crippen molar-refractivity contribution in [1.82, 2.24) is 9.88 Å². The molecule has 0 N–H and O–H groups in total. The number of nitrogens with zero attached hydrogens (tertiary/aromatic N) is 2. The molecule has 194 valence electrons. The van der Waals surface area contributed by atoms with Gasteiger partial charge in [0.15, 0.2) is 0 Å². The van der Waals surface area contributed by atoms with Gasteiger partial charge in [-0.1, -0.05) is 81.1 Å². The van der Waals surface area contributed by atoms with Crippen LogP contribution >= 0.6 is 0 Å². The van der Waals surface area contributed by atoms with E-state index in [0.29, 0.717) is 5.92 Å². The van der Waals surface area contributed by atoms with Crippen molar-refractivity contribution in [3.8, 4) is 0 Å². The highest BCUT2D eigenvalue weighted by Crippen LogP contribution is 2.45. The second kappa shape index (κ2) is 10.9. The van der Waals surface area contributed by atoms with Crippen LogP contribution < -0.4 is 0 Å². The molecule has 0 amide bonds. The number of para-hydroxylation sites is 1. The van der Waals surface area contributed by atoms with Gasteiger partial charge in [-0.2, -0.15) is 0 Å². The molecule has 37 heavy (non-hydrogen) atoms. The van der Waals surface area contributed by atoms with Crippen LogP contribution in [0.1, 0.15) is 81.4 Å². The highest BCUT2D eigenvalue weighted by Gasteiger charge is 2.45. The SMILES string of the molecule is CC[C@H]1CN2CC[C@@H]1C[C@H]2[C@H](OC(=O)C(c1ccccc1)C1CCCCC1)c1ccnc2ccccc12. The molecule has 2 bridgehead atoms. The fraction of sp³-hybridized carbons (Fsp3) is 0.515. The lowest BCUT2D eigenvalue weighted by atomic mass is 9.72. The standard InChI is InChI=1S/C33H40N2O2/c1-2-23-22-35-20-18-26(23)21-30(35)32(28-17-19-34-29-16-10-9-15-27(28)29)37-33(36)31(24-11-5-3-6-12-24)25-13-7-4-8-14-25/h3,5-6,9-12,15-17,19,23,25-26,30-32H,2,4,7-8,13-14,18,20-22H2,1H3/t23-,26+,30-,31?,32+/m0/s1. The van der Waals surface area contributed by atoms with Crippen molar-refractivity contribution in [1.29, 1.82) is 0 Å². The van der Waals surface area contributed by atoms with E-state index in [-0.39, 0.29) is 24.0 Å². The predicted octanol–water partition coefficient (Wildman–Crippen LogP) is 7.30. The van der Waals surface area contributed by atoms with Gasteiger partial charge in [0, 0.05) is 23.7 Å². The summed E-state index contributed by atoms with van der Waals surface area (Å²) < 4.78 is 6.77. The molecular formula is C33H40N2O2. The lowest BCUT2D eigenvalue weighted by Gasteiger charge is -2.52. The molecule has 2 aromatic carbocycles. The number of esters is 1. The summed E-state index contributed by atoms with van der Waals surface area (Å²) in [6, 6.07) is 21.0. The Morgan fingerprint density at radius 1 is 1.00 bits per heavy atom. The van der Waals surface area contributed by atoms with E-state index in [4.69, 9.17) is 4.74 Å². The molecular weight excluding hydrogens is 456 g/mol. The number of carbonyl (C=O) groups excluding carboxylic acids is 1. The van der Waals surface area contributed by atoms with Crippen LogP contribution in [0.4, 0.5) is 0 Å². The maximum Gasteiger partial charge on any atom is 0.314 e. The number of carbonyl (C=O) groups is 1. The largest absolute Gasteiger partial charge is 0.455 e. The van der Waals surface area contributed by atoms with Gasteiger partial charge in [0.2, 0.25) is 0 Å². The van der Waals surface area contributed by atoms with Crippen LogP contribution in [-0.2, 0) is 9.53 Å². The minimum absolute atomic E-state index is 0.0429. The summed E-state index contributed by atoms with van der Waals surface area (Å²) in [4.78, 5) is 21.5. The zero-order chi connectivity index (χ0) is 25.2. The van der Waals surface area contributed by atoms with E-state index >= 15 is 0 Å². The number of pyridine rings is 1. The van der Waals surface area contributed by atoms with E-state index in [1.807, 2.05) is 18.3 Å². The third kappa shape index (κ3) is 4.93. The summed E-state index contributed by atoms with van der Waals surface area (Å²) in [6.07, 6.45) is 11.1. The number of hydrogen-bond acceptors (Lipinski definition) is 4. The average Bonchev–Trinajstić information content (AvgIpc) is 2.97. The average molecular weight is 497 g/mol. The summed E-state index contributed by atoms with van der Waals surface area (Å²) in [5.74, 6) is 1.59. The van der Waals surface area contributed by atoms with Crippen LogP contribution in [-0.4, -0.2) is 35.0 Å². The van der Waals surface area contributed by atoms with Gasteiger partial charge in [0.05, 0.1) is 17.5 Å². The Balaban J connectivity index is 1.37. The van der Waals surface area contributed by atoms with Gasteiger partial charge in [0.25, 0.3) is 0 Å². The molecule has 6 atom stereocenters. The van der Waals surface area contributed by atoms with Gasteiger partial charge in [-0.05, 0) is 67.7 Å². The van der Waals surface area contributed by atoms with E-state index in [9.17, 15) is 4.79 Å². The number of aromatic nitrogens is 1. The molecule has 3 aromatic rings. The topological polar surface area (TPSA) is 42.4 Å². The minimum Gasteiger partial charge on any atom is -0.455 e. The molecule has 0 spiro atoms. The second-order valence-corrected chi connectivity index (χ2v) is 11.6. The van der Waals surface area contributed by atoms with Gasteiger partial charge >= 0.3 is 5.97 Å². The van der Waals surface area contributed by atoms with Gasteiger partial charge < -0.3 is 4.74 Å². The maximum atomic E-state index is 14.3. The molecule has 4 fully saturated rings. The molecule has 4 heteroatoms. The van der Waals surface area contributed by atoms with E-state index in [2.05, 4.69) is 65.3 Å². The molecule has 1 saturated carbocycles. The monoisotopic (exact) mass is 496 g/mol. The van der Waals surface area contributed by atoms with Crippen molar-refractivity contribution in [3.05, 3.63) is 78.0 Å². The fourth-order valence-electron chi connectivity index (χ4n) is 7.60. The third-order valence-electron chi connectivity index (χ3n) is 9.58. The lowest BCUT2D eigenvalue weighted by Crippen LogP contribution is -2.55. The Bertz CT molecular complexity index is 1200. The van der Waals surface area contributed by atoms with Crippen LogP contribution in [0.15, 0.2) is 66.9 Å². The molecule has 3 saturated heterocycles. The van der Waals surface area contributed by atoms with Crippen LogP contribution in [0, 0.1) is 17.8 Å². The zero-order valence-electron chi connectivity index (χ0n) is 22.1. The molecule has 1 aliphatic carbocycles. The van der Waals surface area contributed by atoms with Crippen molar-refractivity contribution in [2.75, 3.05) is 13.1 Å². The smallest absolute Gasteiger partial charge is 0.314 e. The first-order chi connectivity index (χ1) is 18.2. The van der Waals surface area contributed by atoms with Crippen LogP contribution in [0.5, 0.6) is 0 Å². The van der Waals surface area contributed by atoms with Crippen molar-refractivity contribution >= 4 is 16.9 Å². The Hall–Kier alpha value is -2.72. The number of rotatable bonds is 7. The Morgan fingerprint density at radius 3 is 2.54 bits per heavy atom. The number of benzene rings is 2. The second-order valence-electron chi connectivity index (χ2n) is 11.6. The van der Waals surface area contributed by atoms with Crippen molar-refractivity contribution in [3.63, 3.8) is 0 Å². The first-order valence-corrected chi connectivity index (χ1v) is 14.6. The normalized spacial score (nSPS) is 27.6. The van der Waals surface area contributed by atoms with Crippen LogP contribution in [0.25, 0.3) is 10.9 Å².